The molecule has 0 saturated heterocycles. The average molecular weight is 233 g/mol. The smallest absolute Gasteiger partial charge is 0.434 e. The molecule has 0 bridgehead atoms. The van der Waals surface area contributed by atoms with E-state index in [1.807, 2.05) is 6.92 Å². The molecular weight excluding hydrogens is 214 g/mol. The van der Waals surface area contributed by atoms with Gasteiger partial charge in [0.2, 0.25) is 0 Å². The van der Waals surface area contributed by atoms with E-state index in [9.17, 15) is 9.59 Å². The second-order valence-corrected chi connectivity index (χ2v) is 3.39. The molecule has 0 aliphatic heterocycles. The first-order chi connectivity index (χ1) is 7.56. The zero-order chi connectivity index (χ0) is 12.4. The summed E-state index contributed by atoms with van der Waals surface area (Å²) >= 11 is 0. The Morgan fingerprint density at radius 2 is 2.06 bits per heavy atom. The van der Waals surface area contributed by atoms with E-state index in [0.717, 1.165) is 12.8 Å². The lowest BCUT2D eigenvalue weighted by atomic mass is 10.2. The Morgan fingerprint density at radius 1 is 1.38 bits per heavy atom. The van der Waals surface area contributed by atoms with Crippen LogP contribution in [0.3, 0.4) is 0 Å². The van der Waals surface area contributed by atoms with Gasteiger partial charge in [-0.3, -0.25) is 4.79 Å². The van der Waals surface area contributed by atoms with Crippen molar-refractivity contribution in [2.45, 2.75) is 45.3 Å². The van der Waals surface area contributed by atoms with E-state index < -0.39 is 18.4 Å². The van der Waals surface area contributed by atoms with Gasteiger partial charge in [0.1, 0.15) is 6.23 Å². The third-order valence-corrected chi connectivity index (χ3v) is 1.80. The van der Waals surface area contributed by atoms with Crippen LogP contribution in [0.25, 0.3) is 0 Å². The monoisotopic (exact) mass is 233 g/mol. The molecule has 0 aromatic rings. The number of nitrogens with two attached hydrogens (primary N) is 1. The maximum absolute atomic E-state index is 11.0. The number of carbonyl (C=O) groups is 2. The maximum atomic E-state index is 11.0. The van der Waals surface area contributed by atoms with Crippen molar-refractivity contribution in [3.05, 3.63) is 0 Å². The molecule has 94 valence electrons. The molecule has 1 atom stereocenters. The number of hydrogen-bond acceptors (Lipinski definition) is 6. The van der Waals surface area contributed by atoms with E-state index in [-0.39, 0.29) is 13.0 Å². The van der Waals surface area contributed by atoms with Gasteiger partial charge in [-0.2, -0.15) is 0 Å². The molecule has 0 spiro atoms. The van der Waals surface area contributed by atoms with Crippen LogP contribution >= 0.6 is 0 Å². The van der Waals surface area contributed by atoms with Gasteiger partial charge in [-0.15, -0.1) is 0 Å². The molecule has 0 aliphatic rings. The highest BCUT2D eigenvalue weighted by Crippen LogP contribution is 2.00. The van der Waals surface area contributed by atoms with Crippen molar-refractivity contribution >= 4 is 12.1 Å². The van der Waals surface area contributed by atoms with Crippen molar-refractivity contribution in [1.82, 2.24) is 0 Å². The predicted octanol–water partition coefficient (Wildman–Crippen LogP) is 0.914. The predicted molar refractivity (Wildman–Crippen MR) is 56.4 cm³/mol. The molecule has 0 radical (unpaired) electrons. The van der Waals surface area contributed by atoms with Gasteiger partial charge in [0.25, 0.3) is 0 Å². The Morgan fingerprint density at radius 3 is 2.62 bits per heavy atom. The van der Waals surface area contributed by atoms with Gasteiger partial charge >= 0.3 is 12.1 Å². The Balaban J connectivity index is 3.50. The van der Waals surface area contributed by atoms with Crippen LogP contribution in [0.5, 0.6) is 0 Å². The zero-order valence-electron chi connectivity index (χ0n) is 9.48. The summed E-state index contributed by atoms with van der Waals surface area (Å²) in [6.07, 6.45) is 0.435. The van der Waals surface area contributed by atoms with E-state index in [0.29, 0.717) is 12.8 Å². The summed E-state index contributed by atoms with van der Waals surface area (Å²) in [6, 6.07) is 0. The number of carbonyl (C=O) groups excluding carboxylic acids is 2. The number of unbranched alkanes of at least 4 members (excludes halogenated alkanes) is 1. The van der Waals surface area contributed by atoms with E-state index >= 15 is 0 Å². The van der Waals surface area contributed by atoms with Gasteiger partial charge in [-0.25, -0.2) is 4.79 Å². The summed E-state index contributed by atoms with van der Waals surface area (Å²) in [6.45, 7) is 2.21. The maximum Gasteiger partial charge on any atom is 0.516 e. The lowest BCUT2D eigenvalue weighted by Crippen LogP contribution is -2.19. The first-order valence-corrected chi connectivity index (χ1v) is 5.37. The van der Waals surface area contributed by atoms with Crippen LogP contribution in [0, 0.1) is 0 Å². The molecule has 3 N–H and O–H groups in total. The van der Waals surface area contributed by atoms with Crippen LogP contribution in [0.2, 0.25) is 0 Å². The summed E-state index contributed by atoms with van der Waals surface area (Å²) in [4.78, 5) is 21.9. The Bertz CT molecular complexity index is 217. The highest BCUT2D eigenvalue weighted by Gasteiger charge is 2.11. The number of aliphatic hydroxyl groups excluding tert-OH is 1. The summed E-state index contributed by atoms with van der Waals surface area (Å²) in [5, 5.41) is 8.72. The van der Waals surface area contributed by atoms with Gasteiger partial charge in [-0.1, -0.05) is 13.3 Å². The van der Waals surface area contributed by atoms with Crippen LogP contribution in [0.1, 0.15) is 39.0 Å². The highest BCUT2D eigenvalue weighted by atomic mass is 16.7. The first kappa shape index (κ1) is 14.9. The average Bonchev–Trinajstić information content (AvgIpc) is 2.17. The first-order valence-electron chi connectivity index (χ1n) is 5.37. The highest BCUT2D eigenvalue weighted by molar-refractivity contribution is 5.81. The van der Waals surface area contributed by atoms with E-state index in [4.69, 9.17) is 10.8 Å². The van der Waals surface area contributed by atoms with Crippen LogP contribution in [0.4, 0.5) is 4.79 Å². The van der Waals surface area contributed by atoms with Gasteiger partial charge in [-0.05, 0) is 19.3 Å². The van der Waals surface area contributed by atoms with Crippen LogP contribution < -0.4 is 5.73 Å². The van der Waals surface area contributed by atoms with Gasteiger partial charge in [0, 0.05) is 6.42 Å². The molecule has 6 nitrogen and oxygen atoms in total. The summed E-state index contributed by atoms with van der Waals surface area (Å²) < 4.78 is 8.98. The van der Waals surface area contributed by atoms with Crippen molar-refractivity contribution in [1.29, 1.82) is 0 Å². The van der Waals surface area contributed by atoms with Crippen molar-refractivity contribution in [2.24, 2.45) is 5.73 Å². The second kappa shape index (κ2) is 9.11. The number of rotatable bonds is 7. The minimum Gasteiger partial charge on any atom is -0.434 e. The third-order valence-electron chi connectivity index (χ3n) is 1.80. The van der Waals surface area contributed by atoms with E-state index in [1.165, 1.54) is 0 Å². The Labute approximate surface area is 94.7 Å². The second-order valence-electron chi connectivity index (χ2n) is 3.39. The SMILES string of the molecule is CCCCOC(=O)OC(=O)CCCC(N)O. The third kappa shape index (κ3) is 9.42. The number of esters is 1. The van der Waals surface area contributed by atoms with E-state index in [2.05, 4.69) is 9.47 Å². The minimum atomic E-state index is -0.966. The normalized spacial score (nSPS) is 11.9. The summed E-state index contributed by atoms with van der Waals surface area (Å²) in [5.74, 6) is -0.665. The molecule has 0 fully saturated rings. The molecule has 0 aromatic heterocycles. The van der Waals surface area contributed by atoms with Crippen molar-refractivity contribution in [3.8, 4) is 0 Å². The van der Waals surface area contributed by atoms with Crippen molar-refractivity contribution in [3.63, 3.8) is 0 Å². The minimum absolute atomic E-state index is 0.0388. The van der Waals surface area contributed by atoms with Crippen molar-refractivity contribution < 1.29 is 24.2 Å². The molecule has 0 rings (SSSR count). The fourth-order valence-corrected chi connectivity index (χ4v) is 0.929. The zero-order valence-corrected chi connectivity index (χ0v) is 9.48. The number of aliphatic hydroxyl groups is 1. The molecule has 0 aromatic carbocycles. The molecule has 0 aliphatic carbocycles. The number of ether oxygens (including phenoxy) is 2. The topological polar surface area (TPSA) is 98.9 Å². The molecule has 0 heterocycles. The largest absolute Gasteiger partial charge is 0.516 e. The number of hydrogen-bond donors (Lipinski definition) is 2. The molecule has 16 heavy (non-hydrogen) atoms. The van der Waals surface area contributed by atoms with E-state index in [1.54, 1.807) is 0 Å². The Hall–Kier alpha value is -1.14. The lowest BCUT2D eigenvalue weighted by Gasteiger charge is -2.05. The molecule has 0 amide bonds. The lowest BCUT2D eigenvalue weighted by molar-refractivity contribution is -0.140. The van der Waals surface area contributed by atoms with Crippen molar-refractivity contribution in [2.75, 3.05) is 6.61 Å². The molecule has 1 unspecified atom stereocenters. The molecule has 6 heteroatoms. The fraction of sp³-hybridized carbons (Fsp3) is 0.800. The quantitative estimate of drug-likeness (QED) is 0.293. The van der Waals surface area contributed by atoms with Gasteiger partial charge in [0.15, 0.2) is 0 Å². The fourth-order valence-electron chi connectivity index (χ4n) is 0.929. The van der Waals surface area contributed by atoms with Crippen LogP contribution in [0.15, 0.2) is 0 Å². The summed E-state index contributed by atoms with van der Waals surface area (Å²) in [5.41, 5.74) is 5.07. The Kier molecular flexibility index (Phi) is 8.46. The van der Waals surface area contributed by atoms with Gasteiger partial charge in [0.05, 0.1) is 6.61 Å². The van der Waals surface area contributed by atoms with Gasteiger partial charge < -0.3 is 20.3 Å². The molecular formula is C10H19NO5. The summed E-state index contributed by atoms with van der Waals surface area (Å²) in [7, 11) is 0. The standard InChI is InChI=1S/C10H19NO5/c1-2-3-7-15-10(14)16-9(13)6-4-5-8(11)12/h8,12H,2-7,11H2,1H3. The van der Waals surface area contributed by atoms with Crippen LogP contribution in [-0.2, 0) is 14.3 Å². The van der Waals surface area contributed by atoms with Crippen LogP contribution in [-0.4, -0.2) is 30.1 Å². The molecule has 0 saturated carbocycles.